The molecule has 0 saturated heterocycles. The van der Waals surface area contributed by atoms with Gasteiger partial charge in [-0.05, 0) is 48.0 Å². The number of hydrogen-bond donors (Lipinski definition) is 0. The van der Waals surface area contributed by atoms with Crippen LogP contribution in [0.3, 0.4) is 0 Å². The quantitative estimate of drug-likeness (QED) is 0.618. The minimum Gasteiger partial charge on any atom is -0.497 e. The molecule has 30 heavy (non-hydrogen) atoms. The lowest BCUT2D eigenvalue weighted by molar-refractivity contribution is -0.0190. The zero-order valence-corrected chi connectivity index (χ0v) is 17.4. The van der Waals surface area contributed by atoms with Gasteiger partial charge in [0, 0.05) is 37.3 Å². The Hall–Kier alpha value is -3.47. The summed E-state index contributed by atoms with van der Waals surface area (Å²) < 4.78 is 11.7. The maximum absolute atomic E-state index is 6.44. The van der Waals surface area contributed by atoms with E-state index < -0.39 is 0 Å². The number of fused-ring (bicyclic) bond motifs is 3. The highest BCUT2D eigenvalue weighted by Crippen LogP contribution is 2.47. The van der Waals surface area contributed by atoms with Crippen molar-refractivity contribution in [1.82, 2.24) is 5.01 Å². The number of para-hydroxylation sites is 1. The van der Waals surface area contributed by atoms with Gasteiger partial charge in [0.25, 0.3) is 0 Å². The number of ether oxygens (including phenoxy) is 2. The summed E-state index contributed by atoms with van der Waals surface area (Å²) in [4.78, 5) is 2.10. The second kappa shape index (κ2) is 7.41. The number of benzene rings is 3. The topological polar surface area (TPSA) is 37.3 Å². The zero-order valence-electron chi connectivity index (χ0n) is 17.4. The van der Waals surface area contributed by atoms with Crippen LogP contribution in [0, 0.1) is 0 Å². The molecule has 0 saturated carbocycles. The van der Waals surface area contributed by atoms with E-state index in [2.05, 4.69) is 64.5 Å². The molecule has 0 bridgehead atoms. The maximum Gasteiger partial charge on any atom is 0.213 e. The van der Waals surface area contributed by atoms with Crippen molar-refractivity contribution in [2.24, 2.45) is 5.10 Å². The Morgan fingerprint density at radius 2 is 1.70 bits per heavy atom. The zero-order chi connectivity index (χ0) is 20.7. The van der Waals surface area contributed by atoms with Crippen molar-refractivity contribution in [2.45, 2.75) is 18.7 Å². The molecule has 3 aromatic rings. The molecule has 0 spiro atoms. The molecule has 0 aromatic heterocycles. The molecule has 2 aliphatic heterocycles. The van der Waals surface area contributed by atoms with E-state index in [-0.39, 0.29) is 12.3 Å². The number of hydrogen-bond acceptors (Lipinski definition) is 5. The Morgan fingerprint density at radius 3 is 2.40 bits per heavy atom. The van der Waals surface area contributed by atoms with Crippen molar-refractivity contribution in [3.63, 3.8) is 0 Å². The Morgan fingerprint density at radius 1 is 0.967 bits per heavy atom. The van der Waals surface area contributed by atoms with Gasteiger partial charge in [-0.2, -0.15) is 5.10 Å². The molecule has 152 valence electrons. The van der Waals surface area contributed by atoms with Gasteiger partial charge in [0.15, 0.2) is 0 Å². The molecule has 0 amide bonds. The number of hydrazone groups is 1. The van der Waals surface area contributed by atoms with E-state index in [0.717, 1.165) is 40.4 Å². The average Bonchev–Trinajstić information content (AvgIpc) is 3.24. The second-order valence-corrected chi connectivity index (χ2v) is 7.87. The first-order chi connectivity index (χ1) is 14.6. The Kier molecular flexibility index (Phi) is 4.58. The van der Waals surface area contributed by atoms with Crippen LogP contribution < -0.4 is 14.4 Å². The first kappa shape index (κ1) is 18.6. The standard InChI is InChI=1S/C25H25N3O2/c1-27(2)19-12-8-18(9-13-19)25-28-23(21-6-4-5-7-24(21)30-25)16-22(26-28)17-10-14-20(29-3)15-11-17/h4-15,23,25H,16H2,1-3H3/t23-,25+/m0/s1. The van der Waals surface area contributed by atoms with Gasteiger partial charge < -0.3 is 14.4 Å². The van der Waals surface area contributed by atoms with E-state index in [0.29, 0.717) is 0 Å². The van der Waals surface area contributed by atoms with Gasteiger partial charge in [-0.15, -0.1) is 0 Å². The summed E-state index contributed by atoms with van der Waals surface area (Å²) in [6.45, 7) is 0. The molecule has 2 heterocycles. The summed E-state index contributed by atoms with van der Waals surface area (Å²) in [5, 5.41) is 7.14. The predicted octanol–water partition coefficient (Wildman–Crippen LogP) is 5.00. The van der Waals surface area contributed by atoms with Crippen LogP contribution in [0.2, 0.25) is 0 Å². The lowest BCUT2D eigenvalue weighted by Crippen LogP contribution is -2.33. The monoisotopic (exact) mass is 399 g/mol. The third-order valence-corrected chi connectivity index (χ3v) is 5.82. The summed E-state index contributed by atoms with van der Waals surface area (Å²) in [6, 6.07) is 25.1. The fraction of sp³-hybridized carbons (Fsp3) is 0.240. The van der Waals surface area contributed by atoms with Crippen LogP contribution in [0.1, 0.15) is 35.4 Å². The predicted molar refractivity (Wildman–Crippen MR) is 119 cm³/mol. The highest BCUT2D eigenvalue weighted by Gasteiger charge is 2.40. The second-order valence-electron chi connectivity index (χ2n) is 7.87. The van der Waals surface area contributed by atoms with E-state index in [1.807, 2.05) is 32.3 Å². The molecule has 0 unspecified atom stereocenters. The fourth-order valence-corrected chi connectivity index (χ4v) is 4.15. The first-order valence-corrected chi connectivity index (χ1v) is 10.2. The number of rotatable bonds is 4. The minimum absolute atomic E-state index is 0.158. The van der Waals surface area contributed by atoms with Crippen LogP contribution in [0.15, 0.2) is 77.9 Å². The minimum atomic E-state index is -0.253. The van der Waals surface area contributed by atoms with Gasteiger partial charge in [-0.25, -0.2) is 5.01 Å². The largest absolute Gasteiger partial charge is 0.497 e. The van der Waals surface area contributed by atoms with Crippen molar-refractivity contribution in [3.05, 3.63) is 89.5 Å². The molecular weight excluding hydrogens is 374 g/mol. The van der Waals surface area contributed by atoms with Crippen LogP contribution in [-0.2, 0) is 0 Å². The lowest BCUT2D eigenvalue weighted by Gasteiger charge is -2.38. The highest BCUT2D eigenvalue weighted by atomic mass is 16.5. The van der Waals surface area contributed by atoms with Gasteiger partial charge in [0.05, 0.1) is 18.9 Å². The molecule has 5 rings (SSSR count). The van der Waals surface area contributed by atoms with Gasteiger partial charge >= 0.3 is 0 Å². The number of methoxy groups -OCH3 is 1. The Labute approximate surface area is 177 Å². The third-order valence-electron chi connectivity index (χ3n) is 5.82. The molecule has 2 atom stereocenters. The summed E-state index contributed by atoms with van der Waals surface area (Å²) in [6.07, 6.45) is 0.593. The van der Waals surface area contributed by atoms with Crippen molar-refractivity contribution < 1.29 is 9.47 Å². The normalized spacial score (nSPS) is 19.4. The Bertz CT molecular complexity index is 1070. The maximum atomic E-state index is 6.44. The van der Waals surface area contributed by atoms with Crippen LogP contribution in [-0.4, -0.2) is 31.9 Å². The molecule has 5 heteroatoms. The molecule has 2 aliphatic rings. The fourth-order valence-electron chi connectivity index (χ4n) is 4.15. The van der Waals surface area contributed by atoms with Crippen LogP contribution in [0.25, 0.3) is 0 Å². The molecule has 0 N–H and O–H groups in total. The third kappa shape index (κ3) is 3.16. The van der Waals surface area contributed by atoms with E-state index >= 15 is 0 Å². The van der Waals surface area contributed by atoms with Gasteiger partial charge in [0.1, 0.15) is 11.5 Å². The van der Waals surface area contributed by atoms with Crippen LogP contribution >= 0.6 is 0 Å². The summed E-state index contributed by atoms with van der Waals surface area (Å²) in [7, 11) is 5.78. The van der Waals surface area contributed by atoms with Gasteiger partial charge in [0.2, 0.25) is 6.23 Å². The smallest absolute Gasteiger partial charge is 0.213 e. The van der Waals surface area contributed by atoms with E-state index in [9.17, 15) is 0 Å². The average molecular weight is 399 g/mol. The van der Waals surface area contributed by atoms with Crippen molar-refractivity contribution in [3.8, 4) is 11.5 Å². The SMILES string of the molecule is COc1ccc(C2=NN3[C@@H](c4ccc(N(C)C)cc4)Oc4ccccc4[C@@H]3C2)cc1. The van der Waals surface area contributed by atoms with E-state index in [1.54, 1.807) is 7.11 Å². The molecule has 0 radical (unpaired) electrons. The molecule has 0 aliphatic carbocycles. The molecule has 0 fully saturated rings. The molecular formula is C25H25N3O2. The summed E-state index contributed by atoms with van der Waals surface area (Å²) in [5.41, 5.74) is 5.63. The van der Waals surface area contributed by atoms with Gasteiger partial charge in [-0.3, -0.25) is 0 Å². The van der Waals surface area contributed by atoms with Crippen molar-refractivity contribution in [1.29, 1.82) is 0 Å². The highest BCUT2D eigenvalue weighted by molar-refractivity contribution is 6.02. The van der Waals surface area contributed by atoms with Crippen molar-refractivity contribution >= 4 is 11.4 Å². The first-order valence-electron chi connectivity index (χ1n) is 10.2. The lowest BCUT2D eigenvalue weighted by atomic mass is 9.96. The molecule has 5 nitrogen and oxygen atoms in total. The van der Waals surface area contributed by atoms with Gasteiger partial charge in [-0.1, -0.05) is 30.3 Å². The number of anilines is 1. The van der Waals surface area contributed by atoms with Crippen LogP contribution in [0.4, 0.5) is 5.69 Å². The van der Waals surface area contributed by atoms with Crippen LogP contribution in [0.5, 0.6) is 11.5 Å². The number of nitrogens with zero attached hydrogens (tertiary/aromatic N) is 3. The summed E-state index contributed by atoms with van der Waals surface area (Å²) >= 11 is 0. The van der Waals surface area contributed by atoms with E-state index in [4.69, 9.17) is 14.6 Å². The molecule has 3 aromatic carbocycles. The summed E-state index contributed by atoms with van der Waals surface area (Å²) in [5.74, 6) is 1.79. The van der Waals surface area contributed by atoms with Crippen molar-refractivity contribution in [2.75, 3.05) is 26.1 Å². The van der Waals surface area contributed by atoms with E-state index in [1.165, 1.54) is 5.56 Å². The Balaban J connectivity index is 1.53.